The number of hydrogen-bond acceptors (Lipinski definition) is 4. The Morgan fingerprint density at radius 2 is 2.12 bits per heavy atom. The molecular formula is C10H19N3O2S. The average Bonchev–Trinajstić information content (AvgIpc) is 2.69. The van der Waals surface area contributed by atoms with Gasteiger partial charge in [0.1, 0.15) is 0 Å². The van der Waals surface area contributed by atoms with Crippen LogP contribution in [0.1, 0.15) is 13.3 Å². The third-order valence-corrected chi connectivity index (χ3v) is 4.07. The summed E-state index contributed by atoms with van der Waals surface area (Å²) < 4.78 is 24.7. The van der Waals surface area contributed by atoms with Gasteiger partial charge in [0.05, 0.1) is 12.1 Å². The monoisotopic (exact) mass is 245 g/mol. The molecule has 0 unspecified atom stereocenters. The number of imidazole rings is 1. The number of hydrogen-bond donors (Lipinski definition) is 1. The molecule has 0 fully saturated rings. The van der Waals surface area contributed by atoms with Crippen LogP contribution in [0.2, 0.25) is 0 Å². The van der Waals surface area contributed by atoms with Crippen LogP contribution in [0, 0.1) is 0 Å². The van der Waals surface area contributed by atoms with Gasteiger partial charge in [-0.05, 0) is 6.42 Å². The largest absolute Gasteiger partial charge is 0.336 e. The van der Waals surface area contributed by atoms with Crippen molar-refractivity contribution in [1.82, 2.24) is 14.9 Å². The highest BCUT2D eigenvalue weighted by molar-refractivity contribution is 7.91. The van der Waals surface area contributed by atoms with Crippen molar-refractivity contribution < 1.29 is 8.42 Å². The maximum atomic E-state index is 11.4. The lowest BCUT2D eigenvalue weighted by Gasteiger charge is -2.05. The Morgan fingerprint density at radius 1 is 1.31 bits per heavy atom. The summed E-state index contributed by atoms with van der Waals surface area (Å²) in [6.07, 6.45) is 6.05. The van der Waals surface area contributed by atoms with Crippen LogP contribution in [0.4, 0.5) is 0 Å². The molecule has 1 heterocycles. The summed E-state index contributed by atoms with van der Waals surface area (Å²) in [6.45, 7) is 3.98. The van der Waals surface area contributed by atoms with Crippen molar-refractivity contribution >= 4 is 9.84 Å². The van der Waals surface area contributed by atoms with E-state index in [9.17, 15) is 8.42 Å². The number of aromatic nitrogens is 2. The molecule has 0 saturated carbocycles. The van der Waals surface area contributed by atoms with E-state index in [0.717, 1.165) is 13.1 Å². The second-order valence-electron chi connectivity index (χ2n) is 3.70. The summed E-state index contributed by atoms with van der Waals surface area (Å²) in [7, 11) is -2.85. The normalized spacial score (nSPS) is 11.8. The maximum absolute atomic E-state index is 11.4. The van der Waals surface area contributed by atoms with E-state index in [4.69, 9.17) is 0 Å². The fraction of sp³-hybridized carbons (Fsp3) is 0.700. The van der Waals surface area contributed by atoms with Gasteiger partial charge in [0.25, 0.3) is 0 Å². The van der Waals surface area contributed by atoms with Crippen LogP contribution < -0.4 is 5.32 Å². The minimum atomic E-state index is -2.85. The molecule has 0 bridgehead atoms. The Balaban J connectivity index is 2.08. The summed E-state index contributed by atoms with van der Waals surface area (Å²) in [5.41, 5.74) is 0. The number of nitrogens with one attached hydrogen (secondary N) is 1. The standard InChI is InChI=1S/C10H19N3O2S/c1-2-8-16(14,15)9-5-11-3-6-13-7-4-12-10-13/h4,7,10-11H,2-3,5-6,8-9H2,1H3. The molecule has 1 rings (SSSR count). The molecule has 0 aromatic carbocycles. The van der Waals surface area contributed by atoms with Crippen molar-refractivity contribution in [2.24, 2.45) is 0 Å². The molecule has 6 heteroatoms. The molecule has 0 spiro atoms. The van der Waals surface area contributed by atoms with E-state index in [1.165, 1.54) is 0 Å². The molecule has 5 nitrogen and oxygen atoms in total. The molecule has 0 aliphatic heterocycles. The van der Waals surface area contributed by atoms with E-state index in [1.54, 1.807) is 12.5 Å². The highest BCUT2D eigenvalue weighted by atomic mass is 32.2. The lowest BCUT2D eigenvalue weighted by Crippen LogP contribution is -2.27. The Kier molecular flexibility index (Phi) is 5.48. The van der Waals surface area contributed by atoms with Crippen LogP contribution in [-0.2, 0) is 16.4 Å². The number of rotatable bonds is 8. The highest BCUT2D eigenvalue weighted by Gasteiger charge is 2.07. The molecule has 0 aliphatic carbocycles. The maximum Gasteiger partial charge on any atom is 0.151 e. The molecule has 1 aromatic rings. The van der Waals surface area contributed by atoms with Crippen molar-refractivity contribution in [2.75, 3.05) is 24.6 Å². The van der Waals surface area contributed by atoms with Crippen LogP contribution in [0.3, 0.4) is 0 Å². The van der Waals surface area contributed by atoms with Crippen LogP contribution >= 0.6 is 0 Å². The van der Waals surface area contributed by atoms with Gasteiger partial charge in [-0.3, -0.25) is 0 Å². The lowest BCUT2D eigenvalue weighted by molar-refractivity contribution is 0.581. The second kappa shape index (κ2) is 6.65. The van der Waals surface area contributed by atoms with Crippen LogP contribution in [0.25, 0.3) is 0 Å². The SMILES string of the molecule is CCCS(=O)(=O)CCNCCn1ccnc1. The van der Waals surface area contributed by atoms with Crippen molar-refractivity contribution in [3.8, 4) is 0 Å². The molecule has 0 atom stereocenters. The predicted molar refractivity (Wildman–Crippen MR) is 64.0 cm³/mol. The molecule has 92 valence electrons. The Morgan fingerprint density at radius 3 is 2.75 bits per heavy atom. The van der Waals surface area contributed by atoms with Crippen molar-refractivity contribution in [3.63, 3.8) is 0 Å². The predicted octanol–water partition coefficient (Wildman–Crippen LogP) is 0.298. The number of sulfone groups is 1. The van der Waals surface area contributed by atoms with Gasteiger partial charge >= 0.3 is 0 Å². The molecule has 0 radical (unpaired) electrons. The summed E-state index contributed by atoms with van der Waals surface area (Å²) in [5.74, 6) is 0.515. The first-order valence-electron chi connectivity index (χ1n) is 5.51. The summed E-state index contributed by atoms with van der Waals surface area (Å²) >= 11 is 0. The van der Waals surface area contributed by atoms with Gasteiger partial charge in [0.2, 0.25) is 0 Å². The smallest absolute Gasteiger partial charge is 0.151 e. The number of nitrogens with zero attached hydrogens (tertiary/aromatic N) is 2. The van der Waals surface area contributed by atoms with Crippen molar-refractivity contribution in [2.45, 2.75) is 19.9 Å². The van der Waals surface area contributed by atoms with E-state index in [2.05, 4.69) is 10.3 Å². The highest BCUT2D eigenvalue weighted by Crippen LogP contribution is 1.92. The minimum Gasteiger partial charge on any atom is -0.336 e. The van der Waals surface area contributed by atoms with Gasteiger partial charge in [-0.15, -0.1) is 0 Å². The third kappa shape index (κ3) is 5.27. The minimum absolute atomic E-state index is 0.227. The topological polar surface area (TPSA) is 64.0 Å². The fourth-order valence-corrected chi connectivity index (χ4v) is 2.67. The molecule has 0 amide bonds. The summed E-state index contributed by atoms with van der Waals surface area (Å²) in [5, 5.41) is 3.11. The van der Waals surface area contributed by atoms with Gasteiger partial charge in [-0.2, -0.15) is 0 Å². The van der Waals surface area contributed by atoms with E-state index >= 15 is 0 Å². The zero-order chi connectivity index (χ0) is 11.9. The molecular weight excluding hydrogens is 226 g/mol. The van der Waals surface area contributed by atoms with Gasteiger partial charge in [0, 0.05) is 37.8 Å². The van der Waals surface area contributed by atoms with Gasteiger partial charge in [0.15, 0.2) is 9.84 Å². The first kappa shape index (κ1) is 13.2. The fourth-order valence-electron chi connectivity index (χ4n) is 1.39. The Hall–Kier alpha value is -0.880. The third-order valence-electron chi connectivity index (χ3n) is 2.21. The molecule has 1 aromatic heterocycles. The summed E-state index contributed by atoms with van der Waals surface area (Å²) in [6, 6.07) is 0. The van der Waals surface area contributed by atoms with Crippen molar-refractivity contribution in [3.05, 3.63) is 18.7 Å². The van der Waals surface area contributed by atoms with Gasteiger partial charge < -0.3 is 9.88 Å². The Labute approximate surface area is 96.8 Å². The van der Waals surface area contributed by atoms with E-state index in [0.29, 0.717) is 13.0 Å². The lowest BCUT2D eigenvalue weighted by atomic mass is 10.6. The van der Waals surface area contributed by atoms with E-state index in [1.807, 2.05) is 17.7 Å². The van der Waals surface area contributed by atoms with Crippen LogP contribution in [-0.4, -0.2) is 42.6 Å². The average molecular weight is 245 g/mol. The van der Waals surface area contributed by atoms with Gasteiger partial charge in [-0.25, -0.2) is 13.4 Å². The molecule has 16 heavy (non-hydrogen) atoms. The summed E-state index contributed by atoms with van der Waals surface area (Å²) in [4.78, 5) is 3.92. The Bertz CT molecular complexity index is 373. The van der Waals surface area contributed by atoms with Crippen LogP contribution in [0.5, 0.6) is 0 Å². The van der Waals surface area contributed by atoms with Crippen LogP contribution in [0.15, 0.2) is 18.7 Å². The van der Waals surface area contributed by atoms with E-state index < -0.39 is 9.84 Å². The molecule has 1 N–H and O–H groups in total. The zero-order valence-electron chi connectivity index (χ0n) is 9.59. The second-order valence-corrected chi connectivity index (χ2v) is 6.01. The first-order valence-corrected chi connectivity index (χ1v) is 7.33. The molecule has 0 aliphatic rings. The quantitative estimate of drug-likeness (QED) is 0.669. The van der Waals surface area contributed by atoms with Gasteiger partial charge in [-0.1, -0.05) is 6.92 Å². The molecule has 0 saturated heterocycles. The first-order chi connectivity index (χ1) is 7.64. The van der Waals surface area contributed by atoms with Crippen molar-refractivity contribution in [1.29, 1.82) is 0 Å². The van der Waals surface area contributed by atoms with E-state index in [-0.39, 0.29) is 11.5 Å². The zero-order valence-corrected chi connectivity index (χ0v) is 10.4.